The maximum atomic E-state index is 8.98. The molecule has 8 heavy (non-hydrogen) atoms. The number of hydrogen-bond acceptors (Lipinski definition) is 4. The topological polar surface area (TPSA) is 69.5 Å². The van der Waals surface area contributed by atoms with Gasteiger partial charge in [-0.15, -0.1) is 0 Å². The molecule has 0 bridgehead atoms. The lowest BCUT2D eigenvalue weighted by Crippen LogP contribution is -2.32. The van der Waals surface area contributed by atoms with Crippen LogP contribution in [0.15, 0.2) is 0 Å². The van der Waals surface area contributed by atoms with Crippen LogP contribution >= 0.6 is 0 Å². The Bertz CT molecular complexity index is 107. The van der Waals surface area contributed by atoms with Crippen molar-refractivity contribution in [3.8, 4) is 0 Å². The average molecular weight is 118 g/mol. The van der Waals surface area contributed by atoms with Gasteiger partial charge in [0.15, 0.2) is 5.72 Å². The van der Waals surface area contributed by atoms with Gasteiger partial charge in [0.05, 0.1) is 0 Å². The summed E-state index contributed by atoms with van der Waals surface area (Å²) in [5.74, 6) is -1.51. The summed E-state index contributed by atoms with van der Waals surface area (Å²) in [7, 11) is 1.54. The minimum absolute atomic E-state index is 1.23. The Morgan fingerprint density at radius 1 is 1.50 bits per heavy atom. The van der Waals surface area contributed by atoms with E-state index in [9.17, 15) is 0 Å². The van der Waals surface area contributed by atoms with Gasteiger partial charge in [-0.2, -0.15) is 0 Å². The highest BCUT2D eigenvalue weighted by Gasteiger charge is 2.67. The first-order chi connectivity index (χ1) is 3.40. The number of hydrogen-bond donors (Lipinski definition) is 3. The second-order valence-corrected chi connectivity index (χ2v) is 2.31. The highest BCUT2D eigenvalue weighted by Crippen LogP contribution is 2.40. The van der Waals surface area contributed by atoms with Gasteiger partial charge in [-0.05, 0) is 14.0 Å². The molecule has 1 fully saturated rings. The molecule has 1 aliphatic heterocycles. The monoisotopic (exact) mass is 118 g/mol. The van der Waals surface area contributed by atoms with E-state index in [2.05, 4.69) is 0 Å². The van der Waals surface area contributed by atoms with Crippen LogP contribution in [0, 0.1) is 0 Å². The molecule has 4 N–H and O–H groups in total. The van der Waals surface area contributed by atoms with E-state index < -0.39 is 11.6 Å². The largest absolute Gasteiger partial charge is 0.370 e. The smallest absolute Gasteiger partial charge is 0.218 e. The molecule has 0 radical (unpaired) electrons. The van der Waals surface area contributed by atoms with Crippen LogP contribution in [0.2, 0.25) is 0 Å². The Balaban J connectivity index is 2.72. The second-order valence-electron chi connectivity index (χ2n) is 2.31. The van der Waals surface area contributed by atoms with E-state index in [1.807, 2.05) is 0 Å². The molecule has 0 spiro atoms. The van der Waals surface area contributed by atoms with Gasteiger partial charge >= 0.3 is 0 Å². The fourth-order valence-electron chi connectivity index (χ4n) is 0.630. The van der Waals surface area contributed by atoms with E-state index >= 15 is 0 Å². The first kappa shape index (κ1) is 5.97. The molecule has 0 aromatic rings. The van der Waals surface area contributed by atoms with Crippen LogP contribution in [-0.4, -0.2) is 33.7 Å². The van der Waals surface area contributed by atoms with Crippen molar-refractivity contribution in [2.75, 3.05) is 7.05 Å². The minimum Gasteiger partial charge on any atom is -0.370 e. The molecule has 4 nitrogen and oxygen atoms in total. The van der Waals surface area contributed by atoms with E-state index in [0.29, 0.717) is 0 Å². The zero-order valence-corrected chi connectivity index (χ0v) is 4.92. The molecule has 0 aromatic heterocycles. The van der Waals surface area contributed by atoms with E-state index in [4.69, 9.17) is 15.9 Å². The first-order valence-corrected chi connectivity index (χ1v) is 2.38. The second kappa shape index (κ2) is 1.06. The van der Waals surface area contributed by atoms with Crippen molar-refractivity contribution in [1.29, 1.82) is 0 Å². The van der Waals surface area contributed by atoms with Crippen LogP contribution in [0.25, 0.3) is 0 Å². The number of likely N-dealkylation sites (N-methyl/N-ethyl adjacent to an activating group) is 1. The number of nitrogens with two attached hydrogens (primary N) is 1. The highest BCUT2D eigenvalue weighted by atomic mass is 16.5. The number of aliphatic hydroxyl groups is 2. The average Bonchev–Trinajstić information content (AvgIpc) is 1.88. The molecule has 1 saturated heterocycles. The van der Waals surface area contributed by atoms with E-state index in [1.54, 1.807) is 7.05 Å². The van der Waals surface area contributed by atoms with E-state index in [0.717, 1.165) is 0 Å². The maximum absolute atomic E-state index is 8.98. The van der Waals surface area contributed by atoms with Crippen LogP contribution in [-0.2, 0) is 0 Å². The van der Waals surface area contributed by atoms with Gasteiger partial charge < -0.3 is 10.2 Å². The van der Waals surface area contributed by atoms with Gasteiger partial charge in [0, 0.05) is 0 Å². The predicted molar refractivity (Wildman–Crippen MR) is 27.5 cm³/mol. The molecular formula is C4H10N2O2. The molecular weight excluding hydrogens is 108 g/mol. The van der Waals surface area contributed by atoms with Crippen molar-refractivity contribution in [2.24, 2.45) is 5.73 Å². The molecule has 0 saturated carbocycles. The van der Waals surface area contributed by atoms with Crippen molar-refractivity contribution in [2.45, 2.75) is 18.5 Å². The standard InChI is InChI=1S/C4H10N2O2/c1-3(7)4(5,8)6(3)2/h7-8H,5H2,1-2H3. The van der Waals surface area contributed by atoms with Crippen molar-refractivity contribution in [3.63, 3.8) is 0 Å². The maximum Gasteiger partial charge on any atom is 0.218 e. The zero-order valence-electron chi connectivity index (χ0n) is 4.92. The molecule has 1 aliphatic rings. The molecule has 1 heterocycles. The van der Waals surface area contributed by atoms with Crippen molar-refractivity contribution < 1.29 is 10.2 Å². The van der Waals surface area contributed by atoms with Gasteiger partial charge in [0.25, 0.3) is 0 Å². The number of rotatable bonds is 0. The predicted octanol–water partition coefficient (Wildman–Crippen LogP) is -1.75. The normalized spacial score (nSPS) is 63.4. The summed E-state index contributed by atoms with van der Waals surface area (Å²) < 4.78 is 0. The van der Waals surface area contributed by atoms with Crippen LogP contribution in [0.5, 0.6) is 0 Å². The quantitative estimate of drug-likeness (QED) is 0.260. The van der Waals surface area contributed by atoms with Crippen LogP contribution < -0.4 is 5.73 Å². The van der Waals surface area contributed by atoms with Crippen molar-refractivity contribution in [3.05, 3.63) is 0 Å². The minimum atomic E-state index is -1.51. The summed E-state index contributed by atoms with van der Waals surface area (Å²) in [6, 6.07) is 0. The summed E-state index contributed by atoms with van der Waals surface area (Å²) >= 11 is 0. The number of nitrogens with zero attached hydrogens (tertiary/aromatic N) is 1. The Hall–Kier alpha value is -0.160. The Morgan fingerprint density at radius 2 is 1.62 bits per heavy atom. The van der Waals surface area contributed by atoms with Gasteiger partial charge in [0.2, 0.25) is 5.85 Å². The zero-order chi connectivity index (χ0) is 6.58. The molecule has 0 aliphatic carbocycles. The third kappa shape index (κ3) is 0.385. The van der Waals surface area contributed by atoms with Crippen molar-refractivity contribution >= 4 is 0 Å². The van der Waals surface area contributed by atoms with E-state index in [-0.39, 0.29) is 0 Å². The molecule has 3 unspecified atom stereocenters. The van der Waals surface area contributed by atoms with Gasteiger partial charge in [-0.1, -0.05) is 0 Å². The summed E-state index contributed by atoms with van der Waals surface area (Å²) in [5, 5.41) is 17.9. The van der Waals surface area contributed by atoms with Gasteiger partial charge in [0.1, 0.15) is 0 Å². The summed E-state index contributed by atoms with van der Waals surface area (Å²) in [6.07, 6.45) is 0. The molecule has 0 amide bonds. The lowest BCUT2D eigenvalue weighted by Gasteiger charge is -1.97. The lowest BCUT2D eigenvalue weighted by atomic mass is 10.4. The summed E-state index contributed by atoms with van der Waals surface area (Å²) in [5.41, 5.74) is 3.89. The third-order valence-corrected chi connectivity index (χ3v) is 1.81. The molecule has 1 rings (SSSR count). The Kier molecular flexibility index (Phi) is 0.790. The third-order valence-electron chi connectivity index (χ3n) is 1.81. The molecule has 3 atom stereocenters. The van der Waals surface area contributed by atoms with Crippen LogP contribution in [0.1, 0.15) is 6.92 Å². The molecule has 0 aromatic carbocycles. The van der Waals surface area contributed by atoms with Crippen LogP contribution in [0.4, 0.5) is 0 Å². The summed E-state index contributed by atoms with van der Waals surface area (Å²) in [4.78, 5) is 1.26. The fourth-order valence-corrected chi connectivity index (χ4v) is 0.630. The SMILES string of the molecule is CN1C(C)(O)C1(N)O. The Labute approximate surface area is 47.5 Å². The Morgan fingerprint density at radius 3 is 1.62 bits per heavy atom. The fraction of sp³-hybridized carbons (Fsp3) is 1.00. The van der Waals surface area contributed by atoms with E-state index in [1.165, 1.54) is 11.8 Å². The van der Waals surface area contributed by atoms with Crippen LogP contribution in [0.3, 0.4) is 0 Å². The summed E-state index contributed by atoms with van der Waals surface area (Å²) in [6.45, 7) is 1.45. The molecule has 48 valence electrons. The lowest BCUT2D eigenvalue weighted by molar-refractivity contribution is 0.0357. The first-order valence-electron chi connectivity index (χ1n) is 2.38. The van der Waals surface area contributed by atoms with Crippen molar-refractivity contribution in [1.82, 2.24) is 4.90 Å². The van der Waals surface area contributed by atoms with Gasteiger partial charge in [-0.25, -0.2) is 4.90 Å². The highest BCUT2D eigenvalue weighted by molar-refractivity contribution is 5.06. The molecule has 4 heteroatoms. The van der Waals surface area contributed by atoms with Gasteiger partial charge in [-0.3, -0.25) is 5.73 Å².